The highest BCUT2D eigenvalue weighted by Crippen LogP contribution is 2.22. The first-order valence-corrected chi connectivity index (χ1v) is 7.78. The van der Waals surface area contributed by atoms with Gasteiger partial charge in [-0.3, -0.25) is 9.69 Å². The third kappa shape index (κ3) is 4.86. The third-order valence-electron chi connectivity index (χ3n) is 3.46. The second-order valence-electron chi connectivity index (χ2n) is 5.32. The SMILES string of the molecule is CCN(CC(=O)Nc1ccc(C)cc1Cl)Cc1ccccc1. The van der Waals surface area contributed by atoms with Crippen LogP contribution in [-0.4, -0.2) is 23.9 Å². The molecule has 0 aromatic heterocycles. The predicted octanol–water partition coefficient (Wildman–Crippen LogP) is 4.11. The number of carbonyl (C=O) groups excluding carboxylic acids is 1. The molecule has 0 fully saturated rings. The molecule has 0 aliphatic heterocycles. The highest BCUT2D eigenvalue weighted by Gasteiger charge is 2.11. The lowest BCUT2D eigenvalue weighted by Crippen LogP contribution is -2.32. The molecule has 0 heterocycles. The molecule has 22 heavy (non-hydrogen) atoms. The van der Waals surface area contributed by atoms with E-state index in [0.717, 1.165) is 18.7 Å². The summed E-state index contributed by atoms with van der Waals surface area (Å²) in [5.41, 5.74) is 2.93. The lowest BCUT2D eigenvalue weighted by Gasteiger charge is -2.20. The quantitative estimate of drug-likeness (QED) is 0.870. The van der Waals surface area contributed by atoms with Crippen molar-refractivity contribution in [1.29, 1.82) is 0 Å². The number of amides is 1. The Labute approximate surface area is 136 Å². The first kappa shape index (κ1) is 16.5. The van der Waals surface area contributed by atoms with Gasteiger partial charge in [0.2, 0.25) is 5.91 Å². The molecular formula is C18H21ClN2O. The zero-order valence-corrected chi connectivity index (χ0v) is 13.7. The average Bonchev–Trinajstić information content (AvgIpc) is 2.50. The maximum absolute atomic E-state index is 12.2. The standard InChI is InChI=1S/C18H21ClN2O/c1-3-21(12-15-7-5-4-6-8-15)13-18(22)20-17-10-9-14(2)11-16(17)19/h4-11H,3,12-13H2,1-2H3,(H,20,22). The molecule has 1 N–H and O–H groups in total. The summed E-state index contributed by atoms with van der Waals surface area (Å²) in [5, 5.41) is 3.44. The molecule has 2 aromatic carbocycles. The lowest BCUT2D eigenvalue weighted by molar-refractivity contribution is -0.117. The van der Waals surface area contributed by atoms with Crippen LogP contribution in [-0.2, 0) is 11.3 Å². The van der Waals surface area contributed by atoms with Crippen molar-refractivity contribution in [3.63, 3.8) is 0 Å². The Hall–Kier alpha value is -1.84. The Morgan fingerprint density at radius 2 is 1.91 bits per heavy atom. The molecular weight excluding hydrogens is 296 g/mol. The van der Waals surface area contributed by atoms with Gasteiger partial charge in [-0.25, -0.2) is 0 Å². The molecule has 0 aliphatic carbocycles. The number of nitrogens with one attached hydrogen (secondary N) is 1. The minimum Gasteiger partial charge on any atom is -0.324 e. The van der Waals surface area contributed by atoms with Crippen LogP contribution in [0.2, 0.25) is 5.02 Å². The number of rotatable bonds is 6. The second kappa shape index (κ2) is 7.97. The molecule has 0 bridgehead atoms. The molecule has 2 rings (SSSR count). The van der Waals surface area contributed by atoms with Gasteiger partial charge in [-0.2, -0.15) is 0 Å². The van der Waals surface area contributed by atoms with E-state index < -0.39 is 0 Å². The molecule has 0 saturated carbocycles. The zero-order chi connectivity index (χ0) is 15.9. The van der Waals surface area contributed by atoms with E-state index in [1.54, 1.807) is 0 Å². The number of halogens is 1. The topological polar surface area (TPSA) is 32.3 Å². The molecule has 0 radical (unpaired) electrons. The van der Waals surface area contributed by atoms with E-state index >= 15 is 0 Å². The molecule has 0 saturated heterocycles. The Morgan fingerprint density at radius 3 is 2.55 bits per heavy atom. The van der Waals surface area contributed by atoms with Crippen molar-refractivity contribution in [2.75, 3.05) is 18.4 Å². The van der Waals surface area contributed by atoms with Gasteiger partial charge in [0.25, 0.3) is 0 Å². The molecule has 116 valence electrons. The van der Waals surface area contributed by atoms with Gasteiger partial charge in [0.05, 0.1) is 17.3 Å². The van der Waals surface area contributed by atoms with Crippen LogP contribution >= 0.6 is 11.6 Å². The fourth-order valence-electron chi connectivity index (χ4n) is 2.24. The van der Waals surface area contributed by atoms with Crippen LogP contribution in [0, 0.1) is 6.92 Å². The Morgan fingerprint density at radius 1 is 1.18 bits per heavy atom. The predicted molar refractivity (Wildman–Crippen MR) is 92.2 cm³/mol. The van der Waals surface area contributed by atoms with E-state index in [4.69, 9.17) is 11.6 Å². The number of benzene rings is 2. The van der Waals surface area contributed by atoms with Crippen molar-refractivity contribution in [3.05, 3.63) is 64.7 Å². The van der Waals surface area contributed by atoms with Crippen molar-refractivity contribution in [2.45, 2.75) is 20.4 Å². The van der Waals surface area contributed by atoms with Crippen LogP contribution in [0.15, 0.2) is 48.5 Å². The van der Waals surface area contributed by atoms with Gasteiger partial charge < -0.3 is 5.32 Å². The molecule has 0 atom stereocenters. The number of nitrogens with zero attached hydrogens (tertiary/aromatic N) is 1. The van der Waals surface area contributed by atoms with Crippen LogP contribution in [0.3, 0.4) is 0 Å². The van der Waals surface area contributed by atoms with E-state index in [1.165, 1.54) is 5.56 Å². The summed E-state index contributed by atoms with van der Waals surface area (Å²) in [6.45, 7) is 5.93. The van der Waals surface area contributed by atoms with Gasteiger partial charge in [0, 0.05) is 6.54 Å². The van der Waals surface area contributed by atoms with Gasteiger partial charge in [0.1, 0.15) is 0 Å². The number of likely N-dealkylation sites (N-methyl/N-ethyl adjacent to an activating group) is 1. The summed E-state index contributed by atoms with van der Waals surface area (Å²) in [5.74, 6) is -0.0523. The van der Waals surface area contributed by atoms with Crippen LogP contribution in [0.25, 0.3) is 0 Å². The first-order valence-electron chi connectivity index (χ1n) is 7.40. The zero-order valence-electron chi connectivity index (χ0n) is 13.0. The molecule has 2 aromatic rings. The molecule has 0 aliphatic rings. The maximum atomic E-state index is 12.2. The van der Waals surface area contributed by atoms with Gasteiger partial charge in [-0.05, 0) is 36.7 Å². The van der Waals surface area contributed by atoms with Crippen LogP contribution in [0.5, 0.6) is 0 Å². The molecule has 3 nitrogen and oxygen atoms in total. The van der Waals surface area contributed by atoms with Gasteiger partial charge in [-0.15, -0.1) is 0 Å². The number of hydrogen-bond donors (Lipinski definition) is 1. The van der Waals surface area contributed by atoms with E-state index in [2.05, 4.69) is 29.3 Å². The molecule has 0 spiro atoms. The Balaban J connectivity index is 1.94. The fourth-order valence-corrected chi connectivity index (χ4v) is 2.52. The summed E-state index contributed by atoms with van der Waals surface area (Å²) in [6, 6.07) is 15.8. The van der Waals surface area contributed by atoms with Crippen LogP contribution < -0.4 is 5.32 Å². The van der Waals surface area contributed by atoms with Crippen molar-refractivity contribution in [2.24, 2.45) is 0 Å². The largest absolute Gasteiger partial charge is 0.324 e. The summed E-state index contributed by atoms with van der Waals surface area (Å²) >= 11 is 6.15. The summed E-state index contributed by atoms with van der Waals surface area (Å²) in [4.78, 5) is 14.3. The molecule has 1 amide bonds. The minimum absolute atomic E-state index is 0.0523. The number of aryl methyl sites for hydroxylation is 1. The second-order valence-corrected chi connectivity index (χ2v) is 5.73. The minimum atomic E-state index is -0.0523. The molecule has 4 heteroatoms. The summed E-state index contributed by atoms with van der Waals surface area (Å²) < 4.78 is 0. The fraction of sp³-hybridized carbons (Fsp3) is 0.278. The molecule has 0 unspecified atom stereocenters. The van der Waals surface area contributed by atoms with Crippen molar-refractivity contribution in [3.8, 4) is 0 Å². The van der Waals surface area contributed by atoms with Gasteiger partial charge in [0.15, 0.2) is 0 Å². The highest BCUT2D eigenvalue weighted by atomic mass is 35.5. The Kier molecular flexibility index (Phi) is 5.99. The normalized spacial score (nSPS) is 10.7. The van der Waals surface area contributed by atoms with Crippen molar-refractivity contribution >= 4 is 23.2 Å². The monoisotopic (exact) mass is 316 g/mol. The highest BCUT2D eigenvalue weighted by molar-refractivity contribution is 6.33. The summed E-state index contributed by atoms with van der Waals surface area (Å²) in [7, 11) is 0. The van der Waals surface area contributed by atoms with E-state index in [1.807, 2.05) is 43.3 Å². The van der Waals surface area contributed by atoms with Crippen LogP contribution in [0.1, 0.15) is 18.1 Å². The average molecular weight is 317 g/mol. The van der Waals surface area contributed by atoms with Crippen LogP contribution in [0.4, 0.5) is 5.69 Å². The third-order valence-corrected chi connectivity index (χ3v) is 3.77. The number of anilines is 1. The Bertz CT molecular complexity index is 628. The van der Waals surface area contributed by atoms with E-state index in [-0.39, 0.29) is 5.91 Å². The lowest BCUT2D eigenvalue weighted by atomic mass is 10.2. The van der Waals surface area contributed by atoms with E-state index in [0.29, 0.717) is 17.3 Å². The van der Waals surface area contributed by atoms with Gasteiger partial charge in [-0.1, -0.05) is 54.9 Å². The van der Waals surface area contributed by atoms with Crippen molar-refractivity contribution in [1.82, 2.24) is 4.90 Å². The van der Waals surface area contributed by atoms with Gasteiger partial charge >= 0.3 is 0 Å². The maximum Gasteiger partial charge on any atom is 0.238 e. The number of hydrogen-bond acceptors (Lipinski definition) is 2. The smallest absolute Gasteiger partial charge is 0.238 e. The first-order chi connectivity index (χ1) is 10.6. The number of carbonyl (C=O) groups is 1. The van der Waals surface area contributed by atoms with E-state index in [9.17, 15) is 4.79 Å². The summed E-state index contributed by atoms with van der Waals surface area (Å²) in [6.07, 6.45) is 0. The van der Waals surface area contributed by atoms with Crippen molar-refractivity contribution < 1.29 is 4.79 Å².